The summed E-state index contributed by atoms with van der Waals surface area (Å²) in [5, 5.41) is 6.92. The van der Waals surface area contributed by atoms with Crippen LogP contribution in [0.3, 0.4) is 0 Å². The smallest absolute Gasteiger partial charge is 0.117 e. The molecule has 0 radical (unpaired) electrons. The van der Waals surface area contributed by atoms with Gasteiger partial charge in [-0.1, -0.05) is 0 Å². The van der Waals surface area contributed by atoms with E-state index in [1.165, 1.54) is 0 Å². The summed E-state index contributed by atoms with van der Waals surface area (Å²) in [6.45, 7) is 1.90. The lowest BCUT2D eigenvalue weighted by Gasteiger charge is -1.92. The van der Waals surface area contributed by atoms with Gasteiger partial charge in [-0.25, -0.2) is 0 Å². The third-order valence-electron chi connectivity index (χ3n) is 1.87. The summed E-state index contributed by atoms with van der Waals surface area (Å²) >= 11 is 0. The zero-order valence-electron chi connectivity index (χ0n) is 6.76. The molecule has 4 heteroatoms. The van der Waals surface area contributed by atoms with Crippen molar-refractivity contribution in [1.29, 1.82) is 0 Å². The number of nitrogens with one attached hydrogen (secondary N) is 2. The molecule has 0 aliphatic heterocycles. The summed E-state index contributed by atoms with van der Waals surface area (Å²) in [4.78, 5) is 2.96. The number of aryl methyl sites for hydroxylation is 1. The van der Waals surface area contributed by atoms with Crippen LogP contribution in [0.4, 0.5) is 5.69 Å². The molecule has 2 heterocycles. The van der Waals surface area contributed by atoms with Crippen molar-refractivity contribution in [1.82, 2.24) is 15.2 Å². The minimum Gasteiger partial charge on any atom is -0.395 e. The van der Waals surface area contributed by atoms with Crippen molar-refractivity contribution in [2.45, 2.75) is 6.92 Å². The molecule has 2 rings (SSSR count). The minimum atomic E-state index is 0.717. The van der Waals surface area contributed by atoms with Crippen LogP contribution in [0.5, 0.6) is 0 Å². The molecular weight excluding hydrogens is 152 g/mol. The van der Waals surface area contributed by atoms with Crippen LogP contribution in [0.2, 0.25) is 0 Å². The van der Waals surface area contributed by atoms with Crippen LogP contribution >= 0.6 is 0 Å². The van der Waals surface area contributed by atoms with E-state index in [1.54, 1.807) is 0 Å². The minimum absolute atomic E-state index is 0.717. The molecule has 0 aliphatic carbocycles. The van der Waals surface area contributed by atoms with E-state index in [1.807, 2.05) is 25.4 Å². The number of aromatic amines is 2. The fourth-order valence-corrected chi connectivity index (χ4v) is 1.13. The first-order chi connectivity index (χ1) is 5.79. The van der Waals surface area contributed by atoms with Gasteiger partial charge < -0.3 is 10.7 Å². The first-order valence-corrected chi connectivity index (χ1v) is 3.72. The fourth-order valence-electron chi connectivity index (χ4n) is 1.13. The van der Waals surface area contributed by atoms with E-state index in [2.05, 4.69) is 15.2 Å². The van der Waals surface area contributed by atoms with E-state index < -0.39 is 0 Å². The Bertz CT molecular complexity index is 372. The van der Waals surface area contributed by atoms with E-state index in [4.69, 9.17) is 5.73 Å². The number of nitrogens with zero attached hydrogens (tertiary/aromatic N) is 1. The highest BCUT2D eigenvalue weighted by Crippen LogP contribution is 2.24. The van der Waals surface area contributed by atoms with E-state index in [9.17, 15) is 0 Å². The molecule has 62 valence electrons. The maximum atomic E-state index is 5.79. The Morgan fingerprint density at radius 3 is 2.83 bits per heavy atom. The van der Waals surface area contributed by atoms with Gasteiger partial charge in [0, 0.05) is 18.0 Å². The quantitative estimate of drug-likeness (QED) is 0.591. The van der Waals surface area contributed by atoms with Crippen LogP contribution in [0, 0.1) is 6.92 Å². The van der Waals surface area contributed by atoms with Crippen LogP contribution in [-0.2, 0) is 0 Å². The maximum absolute atomic E-state index is 5.79. The predicted octanol–water partition coefficient (Wildman–Crippen LogP) is 1.30. The van der Waals surface area contributed by atoms with Crippen LogP contribution in [0.15, 0.2) is 18.5 Å². The molecule has 12 heavy (non-hydrogen) atoms. The van der Waals surface area contributed by atoms with Crippen molar-refractivity contribution in [3.8, 4) is 11.3 Å². The van der Waals surface area contributed by atoms with Crippen molar-refractivity contribution in [2.75, 3.05) is 5.73 Å². The first kappa shape index (κ1) is 6.97. The second-order valence-corrected chi connectivity index (χ2v) is 2.71. The van der Waals surface area contributed by atoms with Crippen LogP contribution in [0.1, 0.15) is 5.69 Å². The third-order valence-corrected chi connectivity index (χ3v) is 1.87. The Morgan fingerprint density at radius 1 is 1.50 bits per heavy atom. The number of anilines is 1. The number of aromatic nitrogens is 3. The van der Waals surface area contributed by atoms with Gasteiger partial charge in [0.15, 0.2) is 0 Å². The van der Waals surface area contributed by atoms with Crippen LogP contribution in [0.25, 0.3) is 11.3 Å². The molecule has 2 aromatic heterocycles. The SMILES string of the molecule is Cc1[nH]nc(-c2cc[nH]c2)c1N. The number of hydrogen-bond acceptors (Lipinski definition) is 2. The Morgan fingerprint density at radius 2 is 2.33 bits per heavy atom. The van der Waals surface area contributed by atoms with E-state index in [0.717, 1.165) is 22.6 Å². The number of nitrogens with two attached hydrogens (primary N) is 1. The summed E-state index contributed by atoms with van der Waals surface area (Å²) in [6, 6.07) is 1.94. The van der Waals surface area contributed by atoms with Gasteiger partial charge in [0.25, 0.3) is 0 Å². The molecule has 0 aliphatic rings. The molecule has 0 fully saturated rings. The first-order valence-electron chi connectivity index (χ1n) is 3.72. The Balaban J connectivity index is 2.55. The van der Waals surface area contributed by atoms with Crippen molar-refractivity contribution >= 4 is 5.69 Å². The summed E-state index contributed by atoms with van der Waals surface area (Å²) in [7, 11) is 0. The molecule has 0 saturated carbocycles. The van der Waals surface area contributed by atoms with E-state index in [0.29, 0.717) is 0 Å². The average Bonchev–Trinajstić information content (AvgIpc) is 2.64. The molecule has 0 saturated heterocycles. The van der Waals surface area contributed by atoms with Gasteiger partial charge in [0.05, 0.1) is 11.4 Å². The second-order valence-electron chi connectivity index (χ2n) is 2.71. The molecule has 0 atom stereocenters. The van der Waals surface area contributed by atoms with Gasteiger partial charge in [0.1, 0.15) is 5.69 Å². The Labute approximate surface area is 69.8 Å². The standard InChI is InChI=1S/C8H10N4/c1-5-7(9)8(12-11-5)6-2-3-10-4-6/h2-4,10H,9H2,1H3,(H,11,12). The van der Waals surface area contributed by atoms with Crippen molar-refractivity contribution < 1.29 is 0 Å². The van der Waals surface area contributed by atoms with Crippen molar-refractivity contribution in [2.24, 2.45) is 0 Å². The fraction of sp³-hybridized carbons (Fsp3) is 0.125. The Hall–Kier alpha value is -1.71. The van der Waals surface area contributed by atoms with Gasteiger partial charge in [-0.2, -0.15) is 5.10 Å². The summed E-state index contributed by atoms with van der Waals surface area (Å²) in [6.07, 6.45) is 3.71. The number of H-pyrrole nitrogens is 2. The topological polar surface area (TPSA) is 70.5 Å². The third kappa shape index (κ3) is 0.887. The Kier molecular flexibility index (Phi) is 1.40. The molecule has 4 N–H and O–H groups in total. The van der Waals surface area contributed by atoms with E-state index in [-0.39, 0.29) is 0 Å². The summed E-state index contributed by atoms with van der Waals surface area (Å²) < 4.78 is 0. The number of rotatable bonds is 1. The summed E-state index contributed by atoms with van der Waals surface area (Å²) in [5.74, 6) is 0. The van der Waals surface area contributed by atoms with Crippen LogP contribution in [-0.4, -0.2) is 15.2 Å². The highest BCUT2D eigenvalue weighted by atomic mass is 15.1. The lowest BCUT2D eigenvalue weighted by atomic mass is 10.2. The van der Waals surface area contributed by atoms with Gasteiger partial charge in [-0.3, -0.25) is 5.10 Å². The van der Waals surface area contributed by atoms with Gasteiger partial charge in [0.2, 0.25) is 0 Å². The maximum Gasteiger partial charge on any atom is 0.117 e. The largest absolute Gasteiger partial charge is 0.395 e. The number of hydrogen-bond donors (Lipinski definition) is 3. The normalized spacial score (nSPS) is 10.4. The van der Waals surface area contributed by atoms with Crippen molar-refractivity contribution in [3.63, 3.8) is 0 Å². The zero-order chi connectivity index (χ0) is 8.55. The molecule has 4 nitrogen and oxygen atoms in total. The molecule has 0 spiro atoms. The van der Waals surface area contributed by atoms with E-state index >= 15 is 0 Å². The zero-order valence-corrected chi connectivity index (χ0v) is 6.76. The molecule has 0 unspecified atom stereocenters. The molecular formula is C8H10N4. The molecule has 0 amide bonds. The average molecular weight is 162 g/mol. The van der Waals surface area contributed by atoms with Crippen LogP contribution < -0.4 is 5.73 Å². The molecule has 0 aromatic carbocycles. The highest BCUT2D eigenvalue weighted by Gasteiger charge is 2.07. The monoisotopic (exact) mass is 162 g/mol. The van der Waals surface area contributed by atoms with Gasteiger partial charge >= 0.3 is 0 Å². The predicted molar refractivity (Wildman–Crippen MR) is 47.5 cm³/mol. The molecule has 2 aromatic rings. The summed E-state index contributed by atoms with van der Waals surface area (Å²) in [5.41, 5.74) is 9.24. The second kappa shape index (κ2) is 2.41. The van der Waals surface area contributed by atoms with Gasteiger partial charge in [-0.15, -0.1) is 0 Å². The van der Waals surface area contributed by atoms with Crippen molar-refractivity contribution in [3.05, 3.63) is 24.2 Å². The molecule has 0 bridgehead atoms. The highest BCUT2D eigenvalue weighted by molar-refractivity contribution is 5.73. The lowest BCUT2D eigenvalue weighted by molar-refractivity contribution is 1.05. The lowest BCUT2D eigenvalue weighted by Crippen LogP contribution is -1.87. The number of nitrogen functional groups attached to an aromatic ring is 1. The van der Waals surface area contributed by atoms with Gasteiger partial charge in [-0.05, 0) is 13.0 Å².